The summed E-state index contributed by atoms with van der Waals surface area (Å²) in [5.41, 5.74) is 0. The zero-order valence-electron chi connectivity index (χ0n) is 9.70. The largest absolute Gasteiger partial charge is 0.476 e. The average Bonchev–Trinajstić information content (AvgIpc) is 2.12. The standard InChI is InChI=1S/C8H7F9OS2/c1-3(2)18-4(19)20-8(16,17)6(11,12)5(9,10)7(13,14)15/h3H,1-2H3. The number of hydrogen-bond donors (Lipinski definition) is 0. The molecule has 0 saturated carbocycles. The van der Waals surface area contributed by atoms with Gasteiger partial charge < -0.3 is 4.74 Å². The third-order valence-electron chi connectivity index (χ3n) is 1.66. The minimum absolute atomic E-state index is 0.845. The first-order valence-electron chi connectivity index (χ1n) is 4.66. The average molecular weight is 354 g/mol. The van der Waals surface area contributed by atoms with E-state index in [1.54, 1.807) is 0 Å². The van der Waals surface area contributed by atoms with Crippen LogP contribution in [0.15, 0.2) is 0 Å². The molecule has 1 nitrogen and oxygen atoms in total. The van der Waals surface area contributed by atoms with Gasteiger partial charge in [-0.25, -0.2) is 0 Å². The molecule has 0 aromatic rings. The van der Waals surface area contributed by atoms with Gasteiger partial charge in [-0.2, -0.15) is 39.5 Å². The number of ether oxygens (including phenoxy) is 1. The number of thiocarbonyl (C=S) groups is 1. The molecular weight excluding hydrogens is 347 g/mol. The topological polar surface area (TPSA) is 9.23 Å². The van der Waals surface area contributed by atoms with E-state index in [0.717, 1.165) is 0 Å². The summed E-state index contributed by atoms with van der Waals surface area (Å²) in [5.74, 6) is -13.6. The van der Waals surface area contributed by atoms with E-state index in [4.69, 9.17) is 0 Å². The van der Waals surface area contributed by atoms with Gasteiger partial charge in [0, 0.05) is 11.8 Å². The lowest BCUT2D eigenvalue weighted by molar-refractivity contribution is -0.381. The number of rotatable bonds is 4. The summed E-state index contributed by atoms with van der Waals surface area (Å²) in [6, 6.07) is 0. The van der Waals surface area contributed by atoms with Crippen LogP contribution in [0, 0.1) is 0 Å². The van der Waals surface area contributed by atoms with Gasteiger partial charge in [0.15, 0.2) is 0 Å². The Kier molecular flexibility index (Phi) is 5.66. The summed E-state index contributed by atoms with van der Waals surface area (Å²) in [6.45, 7) is 2.51. The maximum absolute atomic E-state index is 13.0. The van der Waals surface area contributed by atoms with Crippen LogP contribution in [0.1, 0.15) is 13.8 Å². The van der Waals surface area contributed by atoms with Crippen LogP contribution in [0.5, 0.6) is 0 Å². The zero-order chi connectivity index (χ0) is 16.6. The predicted octanol–water partition coefficient (Wildman–Crippen LogP) is 4.86. The van der Waals surface area contributed by atoms with Gasteiger partial charge in [-0.3, -0.25) is 0 Å². The van der Waals surface area contributed by atoms with Gasteiger partial charge in [0.25, 0.3) is 0 Å². The Hall–Kier alpha value is -0.390. The molecule has 12 heteroatoms. The second-order valence-electron chi connectivity index (χ2n) is 3.68. The molecule has 0 rings (SSSR count). The first kappa shape index (κ1) is 19.6. The molecule has 0 spiro atoms. The second kappa shape index (κ2) is 5.78. The second-order valence-corrected chi connectivity index (χ2v) is 5.40. The third-order valence-corrected chi connectivity index (χ3v) is 2.78. The van der Waals surface area contributed by atoms with Crippen LogP contribution < -0.4 is 0 Å². The number of hydrogen-bond acceptors (Lipinski definition) is 3. The molecule has 0 atom stereocenters. The van der Waals surface area contributed by atoms with Crippen LogP contribution in [0.2, 0.25) is 0 Å². The van der Waals surface area contributed by atoms with E-state index in [0.29, 0.717) is 0 Å². The fourth-order valence-electron chi connectivity index (χ4n) is 0.746. The highest BCUT2D eigenvalue weighted by atomic mass is 32.2. The van der Waals surface area contributed by atoms with Crippen LogP contribution in [-0.2, 0) is 4.74 Å². The van der Waals surface area contributed by atoms with E-state index in [-0.39, 0.29) is 0 Å². The SMILES string of the molecule is CC(C)OC(=S)SC(F)(F)C(F)(F)C(F)(F)C(F)(F)F. The number of alkyl halides is 9. The summed E-state index contributed by atoms with van der Waals surface area (Å²) in [6.07, 6.45) is -7.69. The quantitative estimate of drug-likeness (QED) is 0.527. The van der Waals surface area contributed by atoms with Crippen LogP contribution >= 0.6 is 24.0 Å². The van der Waals surface area contributed by atoms with Gasteiger partial charge in [0.05, 0.1) is 6.10 Å². The van der Waals surface area contributed by atoms with Crippen molar-refractivity contribution in [2.24, 2.45) is 0 Å². The van der Waals surface area contributed by atoms with Gasteiger partial charge >= 0.3 is 23.3 Å². The van der Waals surface area contributed by atoms with Crippen LogP contribution in [0.3, 0.4) is 0 Å². The molecule has 0 aliphatic heterocycles. The molecule has 0 aromatic carbocycles. The maximum atomic E-state index is 13.0. The zero-order valence-corrected chi connectivity index (χ0v) is 11.3. The number of thioether (sulfide) groups is 1. The highest BCUT2D eigenvalue weighted by Crippen LogP contribution is 2.56. The molecule has 0 amide bonds. The lowest BCUT2D eigenvalue weighted by Gasteiger charge is -2.33. The molecule has 0 bridgehead atoms. The van der Waals surface area contributed by atoms with E-state index < -0.39 is 45.5 Å². The highest BCUT2D eigenvalue weighted by molar-refractivity contribution is 8.23. The van der Waals surface area contributed by atoms with Crippen molar-refractivity contribution >= 4 is 28.4 Å². The van der Waals surface area contributed by atoms with Crippen LogP contribution in [-0.4, -0.2) is 33.8 Å². The summed E-state index contributed by atoms with van der Waals surface area (Å²) in [5, 5.41) is -5.81. The van der Waals surface area contributed by atoms with Crippen LogP contribution in [0.4, 0.5) is 39.5 Å². The first-order valence-corrected chi connectivity index (χ1v) is 5.88. The highest BCUT2D eigenvalue weighted by Gasteiger charge is 2.82. The Bertz CT molecular complexity index is 363. The van der Waals surface area contributed by atoms with Crippen molar-refractivity contribution in [2.75, 3.05) is 0 Å². The fourth-order valence-corrected chi connectivity index (χ4v) is 1.96. The summed E-state index contributed by atoms with van der Waals surface area (Å²) in [7, 11) is 0. The molecule has 0 aliphatic carbocycles. The molecule has 0 saturated heterocycles. The number of halogens is 9. The van der Waals surface area contributed by atoms with Crippen molar-refractivity contribution in [2.45, 2.75) is 43.2 Å². The van der Waals surface area contributed by atoms with E-state index in [9.17, 15) is 39.5 Å². The molecule has 0 radical (unpaired) electrons. The van der Waals surface area contributed by atoms with Crippen molar-refractivity contribution in [3.8, 4) is 0 Å². The van der Waals surface area contributed by atoms with Crippen molar-refractivity contribution in [1.82, 2.24) is 0 Å². The summed E-state index contributed by atoms with van der Waals surface area (Å²) < 4.78 is 115. The fraction of sp³-hybridized carbons (Fsp3) is 0.875. The Balaban J connectivity index is 5.32. The van der Waals surface area contributed by atoms with Gasteiger partial charge in [-0.1, -0.05) is 0 Å². The van der Waals surface area contributed by atoms with Crippen molar-refractivity contribution in [1.29, 1.82) is 0 Å². The Labute approximate surface area is 116 Å². The van der Waals surface area contributed by atoms with Crippen molar-refractivity contribution in [3.63, 3.8) is 0 Å². The van der Waals surface area contributed by atoms with Crippen molar-refractivity contribution in [3.05, 3.63) is 0 Å². The Morgan fingerprint density at radius 2 is 1.30 bits per heavy atom. The smallest absolute Gasteiger partial charge is 0.460 e. The van der Waals surface area contributed by atoms with Crippen LogP contribution in [0.25, 0.3) is 0 Å². The molecule has 0 N–H and O–H groups in total. The summed E-state index contributed by atoms with van der Waals surface area (Å²) in [4.78, 5) is 0. The molecule has 0 aromatic heterocycles. The van der Waals surface area contributed by atoms with Crippen molar-refractivity contribution < 1.29 is 44.3 Å². The lowest BCUT2D eigenvalue weighted by atomic mass is 10.1. The molecule has 0 aliphatic rings. The molecule has 0 heterocycles. The Morgan fingerprint density at radius 1 is 0.900 bits per heavy atom. The maximum Gasteiger partial charge on any atom is 0.460 e. The molecule has 120 valence electrons. The van der Waals surface area contributed by atoms with Gasteiger partial charge in [0.1, 0.15) is 0 Å². The third kappa shape index (κ3) is 3.83. The molecule has 0 fully saturated rings. The minimum Gasteiger partial charge on any atom is -0.476 e. The Morgan fingerprint density at radius 3 is 1.60 bits per heavy atom. The van der Waals surface area contributed by atoms with E-state index in [1.807, 2.05) is 0 Å². The molecule has 0 unspecified atom stereocenters. The predicted molar refractivity (Wildman–Crippen MR) is 57.3 cm³/mol. The van der Waals surface area contributed by atoms with Gasteiger partial charge in [0.2, 0.25) is 4.38 Å². The molecule has 20 heavy (non-hydrogen) atoms. The van der Waals surface area contributed by atoms with Gasteiger partial charge in [-0.15, -0.1) is 0 Å². The van der Waals surface area contributed by atoms with E-state index in [1.165, 1.54) is 13.8 Å². The lowest BCUT2D eigenvalue weighted by Crippen LogP contribution is -2.60. The van der Waals surface area contributed by atoms with E-state index in [2.05, 4.69) is 17.0 Å². The van der Waals surface area contributed by atoms with Gasteiger partial charge in [-0.05, 0) is 26.1 Å². The van der Waals surface area contributed by atoms with E-state index >= 15 is 0 Å². The monoisotopic (exact) mass is 354 g/mol. The normalized spacial score (nSPS) is 14.6. The summed E-state index contributed by atoms with van der Waals surface area (Å²) >= 11 is 2.69. The molecular formula is C8H7F9OS2. The first-order chi connectivity index (χ1) is 8.56. The minimum atomic E-state index is -6.93.